The van der Waals surface area contributed by atoms with Gasteiger partial charge in [-0.05, 0) is 23.6 Å². The van der Waals surface area contributed by atoms with E-state index in [-0.39, 0.29) is 12.1 Å². The predicted octanol–water partition coefficient (Wildman–Crippen LogP) is 4.12. The fourth-order valence-electron chi connectivity index (χ4n) is 3.07. The third-order valence-electron chi connectivity index (χ3n) is 4.57. The van der Waals surface area contributed by atoms with Gasteiger partial charge < -0.3 is 19.7 Å². The summed E-state index contributed by atoms with van der Waals surface area (Å²) in [6.45, 7) is 1.97. The second-order valence-electron chi connectivity index (χ2n) is 6.36. The Morgan fingerprint density at radius 3 is 2.93 bits per heavy atom. The monoisotopic (exact) mass is 403 g/mol. The predicted molar refractivity (Wildman–Crippen MR) is 108 cm³/mol. The first-order chi connectivity index (χ1) is 13.2. The number of likely N-dealkylation sites (tertiary alicyclic amines) is 1. The SMILES string of the molecule is COc1ccc2sc(OC3CCN(C(=O)NCc4cccs4)CC3)nc2c1. The normalized spacial score (nSPS) is 15.1. The van der Waals surface area contributed by atoms with Gasteiger partial charge in [-0.15, -0.1) is 11.3 Å². The van der Waals surface area contributed by atoms with E-state index < -0.39 is 0 Å². The van der Waals surface area contributed by atoms with Crippen molar-refractivity contribution in [2.75, 3.05) is 20.2 Å². The Labute approximate surface area is 165 Å². The summed E-state index contributed by atoms with van der Waals surface area (Å²) in [4.78, 5) is 19.9. The lowest BCUT2D eigenvalue weighted by molar-refractivity contribution is 0.111. The number of fused-ring (bicyclic) bond motifs is 1. The van der Waals surface area contributed by atoms with Crippen molar-refractivity contribution >= 4 is 38.9 Å². The lowest BCUT2D eigenvalue weighted by Gasteiger charge is -2.31. The van der Waals surface area contributed by atoms with E-state index in [1.54, 1.807) is 29.8 Å². The standard InChI is InChI=1S/C19H21N3O3S2/c1-24-14-4-5-17-16(11-14)21-19(27-17)25-13-6-8-22(9-7-13)18(23)20-12-15-3-2-10-26-15/h2-5,10-11,13H,6-9,12H2,1H3,(H,20,23). The summed E-state index contributed by atoms with van der Waals surface area (Å²) in [6, 6.07) is 9.86. The van der Waals surface area contributed by atoms with Crippen molar-refractivity contribution in [3.8, 4) is 10.9 Å². The maximum absolute atomic E-state index is 12.3. The number of hydrogen-bond acceptors (Lipinski definition) is 6. The van der Waals surface area contributed by atoms with E-state index in [2.05, 4.69) is 10.3 Å². The molecule has 1 N–H and O–H groups in total. The van der Waals surface area contributed by atoms with E-state index in [9.17, 15) is 4.79 Å². The van der Waals surface area contributed by atoms with Crippen LogP contribution in [-0.4, -0.2) is 42.2 Å². The minimum absolute atomic E-state index is 0.00562. The minimum Gasteiger partial charge on any atom is -0.497 e. The molecule has 0 saturated carbocycles. The Hall–Kier alpha value is -2.32. The average molecular weight is 404 g/mol. The van der Waals surface area contributed by atoms with Crippen LogP contribution in [0.4, 0.5) is 4.79 Å². The van der Waals surface area contributed by atoms with Crippen LogP contribution in [0, 0.1) is 0 Å². The molecule has 142 valence electrons. The number of piperidine rings is 1. The molecule has 3 heterocycles. The van der Waals surface area contributed by atoms with Gasteiger partial charge in [0.1, 0.15) is 11.9 Å². The van der Waals surface area contributed by atoms with Crippen molar-refractivity contribution in [2.45, 2.75) is 25.5 Å². The number of carbonyl (C=O) groups is 1. The lowest BCUT2D eigenvalue weighted by Crippen LogP contribution is -2.46. The van der Waals surface area contributed by atoms with Gasteiger partial charge in [0.05, 0.1) is 23.9 Å². The largest absolute Gasteiger partial charge is 0.497 e. The first-order valence-corrected chi connectivity index (χ1v) is 10.6. The molecule has 0 bridgehead atoms. The first kappa shape index (κ1) is 18.1. The van der Waals surface area contributed by atoms with Crippen LogP contribution in [0.25, 0.3) is 10.2 Å². The molecule has 3 aromatic rings. The van der Waals surface area contributed by atoms with Gasteiger partial charge in [0.15, 0.2) is 0 Å². The number of ether oxygens (including phenoxy) is 2. The molecule has 1 aromatic carbocycles. The van der Waals surface area contributed by atoms with Crippen molar-refractivity contribution in [2.24, 2.45) is 0 Å². The highest BCUT2D eigenvalue weighted by molar-refractivity contribution is 7.20. The zero-order valence-corrected chi connectivity index (χ0v) is 16.6. The number of aromatic nitrogens is 1. The second kappa shape index (κ2) is 8.14. The van der Waals surface area contributed by atoms with Crippen LogP contribution in [0.3, 0.4) is 0 Å². The molecule has 2 amide bonds. The topological polar surface area (TPSA) is 63.7 Å². The van der Waals surface area contributed by atoms with E-state index in [1.807, 2.05) is 40.6 Å². The summed E-state index contributed by atoms with van der Waals surface area (Å²) in [5.74, 6) is 0.793. The number of thiazole rings is 1. The average Bonchev–Trinajstić information content (AvgIpc) is 3.35. The highest BCUT2D eigenvalue weighted by atomic mass is 32.1. The number of nitrogens with zero attached hydrogens (tertiary/aromatic N) is 2. The Morgan fingerprint density at radius 2 is 2.19 bits per heavy atom. The third-order valence-corrected chi connectivity index (χ3v) is 6.37. The van der Waals surface area contributed by atoms with Crippen molar-refractivity contribution in [3.05, 3.63) is 40.6 Å². The number of methoxy groups -OCH3 is 1. The van der Waals surface area contributed by atoms with Crippen LogP contribution < -0.4 is 14.8 Å². The van der Waals surface area contributed by atoms with Crippen molar-refractivity contribution < 1.29 is 14.3 Å². The Balaban J connectivity index is 1.28. The van der Waals surface area contributed by atoms with Crippen LogP contribution in [0.5, 0.6) is 10.9 Å². The molecule has 6 nitrogen and oxygen atoms in total. The smallest absolute Gasteiger partial charge is 0.317 e. The highest BCUT2D eigenvalue weighted by Crippen LogP contribution is 2.31. The van der Waals surface area contributed by atoms with Crippen LogP contribution in [0.2, 0.25) is 0 Å². The number of hydrogen-bond donors (Lipinski definition) is 1. The van der Waals surface area contributed by atoms with Crippen LogP contribution in [0.1, 0.15) is 17.7 Å². The Bertz CT molecular complexity index is 902. The van der Waals surface area contributed by atoms with Crippen molar-refractivity contribution in [1.82, 2.24) is 15.2 Å². The van der Waals surface area contributed by atoms with E-state index in [4.69, 9.17) is 9.47 Å². The molecule has 1 aliphatic heterocycles. The highest BCUT2D eigenvalue weighted by Gasteiger charge is 2.24. The maximum atomic E-state index is 12.3. The fraction of sp³-hybridized carbons (Fsp3) is 0.368. The summed E-state index contributed by atoms with van der Waals surface area (Å²) in [5, 5.41) is 5.68. The number of carbonyl (C=O) groups excluding carboxylic acids is 1. The molecular weight excluding hydrogens is 382 g/mol. The zero-order valence-electron chi connectivity index (χ0n) is 15.0. The summed E-state index contributed by atoms with van der Waals surface area (Å²) in [5.41, 5.74) is 0.889. The summed E-state index contributed by atoms with van der Waals surface area (Å²) >= 11 is 3.19. The Kier molecular flexibility index (Phi) is 5.45. The van der Waals surface area contributed by atoms with Crippen LogP contribution in [-0.2, 0) is 6.54 Å². The van der Waals surface area contributed by atoms with Gasteiger partial charge in [0.2, 0.25) is 0 Å². The second-order valence-corrected chi connectivity index (χ2v) is 8.38. The number of thiophene rings is 1. The molecule has 0 radical (unpaired) electrons. The van der Waals surface area contributed by atoms with E-state index in [0.717, 1.165) is 33.7 Å². The number of amides is 2. The maximum Gasteiger partial charge on any atom is 0.317 e. The fourth-order valence-corrected chi connectivity index (χ4v) is 4.58. The van der Waals surface area contributed by atoms with Gasteiger partial charge in [-0.3, -0.25) is 0 Å². The van der Waals surface area contributed by atoms with E-state index in [1.165, 1.54) is 0 Å². The van der Waals surface area contributed by atoms with Crippen molar-refractivity contribution in [1.29, 1.82) is 0 Å². The third kappa shape index (κ3) is 4.33. The molecule has 0 unspecified atom stereocenters. The van der Waals surface area contributed by atoms with Crippen LogP contribution in [0.15, 0.2) is 35.7 Å². The zero-order chi connectivity index (χ0) is 18.6. The van der Waals surface area contributed by atoms with E-state index >= 15 is 0 Å². The van der Waals surface area contributed by atoms with Gasteiger partial charge in [-0.25, -0.2) is 9.78 Å². The quantitative estimate of drug-likeness (QED) is 0.696. The molecule has 1 saturated heterocycles. The molecule has 0 atom stereocenters. The molecule has 1 aliphatic rings. The van der Waals surface area contributed by atoms with Gasteiger partial charge in [0, 0.05) is 36.9 Å². The molecule has 1 fully saturated rings. The summed E-state index contributed by atoms with van der Waals surface area (Å²) in [6.07, 6.45) is 1.71. The number of benzene rings is 1. The molecule has 0 aliphatic carbocycles. The number of urea groups is 1. The summed E-state index contributed by atoms with van der Waals surface area (Å²) in [7, 11) is 1.65. The lowest BCUT2D eigenvalue weighted by atomic mass is 10.1. The van der Waals surface area contributed by atoms with Crippen molar-refractivity contribution in [3.63, 3.8) is 0 Å². The van der Waals surface area contributed by atoms with Gasteiger partial charge >= 0.3 is 6.03 Å². The van der Waals surface area contributed by atoms with E-state index in [0.29, 0.717) is 24.8 Å². The van der Waals surface area contributed by atoms with Gasteiger partial charge in [-0.1, -0.05) is 17.4 Å². The molecular formula is C19H21N3O3S2. The minimum atomic E-state index is -0.00562. The van der Waals surface area contributed by atoms with Gasteiger partial charge in [0.25, 0.3) is 5.19 Å². The molecule has 4 rings (SSSR count). The first-order valence-electron chi connectivity index (χ1n) is 8.87. The molecule has 27 heavy (non-hydrogen) atoms. The molecule has 8 heteroatoms. The van der Waals surface area contributed by atoms with Gasteiger partial charge in [-0.2, -0.15) is 0 Å². The molecule has 0 spiro atoms. The number of nitrogens with one attached hydrogen (secondary N) is 1. The Morgan fingerprint density at radius 1 is 1.33 bits per heavy atom. The summed E-state index contributed by atoms with van der Waals surface area (Å²) < 4.78 is 12.4. The van der Waals surface area contributed by atoms with Crippen LogP contribution >= 0.6 is 22.7 Å². The molecule has 2 aromatic heterocycles. The number of rotatable bonds is 5.